The fraction of sp³-hybridized carbons (Fsp3) is 0.143. The number of para-hydroxylation sites is 1. The molecule has 1 aromatic carbocycles. The van der Waals surface area contributed by atoms with Gasteiger partial charge in [0.15, 0.2) is 0 Å². The molecule has 3 N–H and O–H groups in total. The number of aromatic nitrogens is 1. The first-order chi connectivity index (χ1) is 9.70. The van der Waals surface area contributed by atoms with Crippen molar-refractivity contribution in [1.29, 1.82) is 0 Å². The van der Waals surface area contributed by atoms with Gasteiger partial charge in [-0.1, -0.05) is 35.0 Å². The van der Waals surface area contributed by atoms with E-state index >= 15 is 0 Å². The van der Waals surface area contributed by atoms with Gasteiger partial charge in [0.25, 0.3) is 0 Å². The Kier molecular flexibility index (Phi) is 4.79. The summed E-state index contributed by atoms with van der Waals surface area (Å²) in [5, 5.41) is 12.2. The molecule has 6 heteroatoms. The van der Waals surface area contributed by atoms with Gasteiger partial charge < -0.3 is 15.8 Å². The summed E-state index contributed by atoms with van der Waals surface area (Å²) in [6.45, 7) is 0.550. The van der Waals surface area contributed by atoms with Crippen molar-refractivity contribution in [1.82, 2.24) is 4.98 Å². The minimum Gasteiger partial charge on any atom is -0.409 e. The van der Waals surface area contributed by atoms with Gasteiger partial charge in [0.1, 0.15) is 11.7 Å². The Morgan fingerprint density at radius 3 is 2.60 bits per heavy atom. The molecule has 0 radical (unpaired) electrons. The Morgan fingerprint density at radius 2 is 2.00 bits per heavy atom. The van der Waals surface area contributed by atoms with E-state index in [2.05, 4.69) is 10.1 Å². The second-order valence-electron chi connectivity index (χ2n) is 4.16. The van der Waals surface area contributed by atoms with Crippen LogP contribution in [0.15, 0.2) is 53.8 Å². The third-order valence-electron chi connectivity index (χ3n) is 2.78. The molecule has 0 atom stereocenters. The highest BCUT2D eigenvalue weighted by Gasteiger charge is 2.11. The lowest BCUT2D eigenvalue weighted by molar-refractivity contribution is 0.317. The summed E-state index contributed by atoms with van der Waals surface area (Å²) in [6, 6.07) is 13.4. The average molecular weight is 291 g/mol. The molecular weight excluding hydrogens is 276 g/mol. The number of hydrogen-bond donors (Lipinski definition) is 2. The molecule has 0 aliphatic rings. The van der Waals surface area contributed by atoms with E-state index < -0.39 is 0 Å². The van der Waals surface area contributed by atoms with Gasteiger partial charge in [-0.3, -0.25) is 0 Å². The molecule has 0 saturated carbocycles. The lowest BCUT2D eigenvalue weighted by Crippen LogP contribution is -2.24. The quantitative estimate of drug-likeness (QED) is 0.384. The fourth-order valence-electron chi connectivity index (χ4n) is 1.79. The van der Waals surface area contributed by atoms with Crippen LogP contribution >= 0.6 is 11.6 Å². The number of pyridine rings is 1. The van der Waals surface area contributed by atoms with E-state index in [9.17, 15) is 0 Å². The summed E-state index contributed by atoms with van der Waals surface area (Å²) in [6.07, 6.45) is 2.02. The minimum absolute atomic E-state index is 0.180. The lowest BCUT2D eigenvalue weighted by atomic mass is 10.2. The SMILES string of the molecule is N/C(CCN(c1ccccc1)c1ccc(Cl)cn1)=N\O. The summed E-state index contributed by atoms with van der Waals surface area (Å²) < 4.78 is 0. The van der Waals surface area contributed by atoms with Crippen LogP contribution in [0.1, 0.15) is 6.42 Å². The highest BCUT2D eigenvalue weighted by Crippen LogP contribution is 2.24. The number of benzene rings is 1. The topological polar surface area (TPSA) is 74.7 Å². The van der Waals surface area contributed by atoms with Gasteiger partial charge in [0, 0.05) is 24.8 Å². The Labute approximate surface area is 122 Å². The Balaban J connectivity index is 2.26. The van der Waals surface area contributed by atoms with Gasteiger partial charge >= 0.3 is 0 Å². The number of anilines is 2. The van der Waals surface area contributed by atoms with E-state index in [0.29, 0.717) is 18.0 Å². The number of rotatable bonds is 5. The predicted molar refractivity (Wildman–Crippen MR) is 80.7 cm³/mol. The van der Waals surface area contributed by atoms with Gasteiger partial charge in [-0.05, 0) is 24.3 Å². The number of nitrogens with zero attached hydrogens (tertiary/aromatic N) is 3. The fourth-order valence-corrected chi connectivity index (χ4v) is 1.90. The van der Waals surface area contributed by atoms with Crippen LogP contribution < -0.4 is 10.6 Å². The Bertz CT molecular complexity index is 571. The maximum Gasteiger partial charge on any atom is 0.140 e. The number of hydrogen-bond acceptors (Lipinski definition) is 4. The lowest BCUT2D eigenvalue weighted by Gasteiger charge is -2.23. The molecule has 0 amide bonds. The van der Waals surface area contributed by atoms with E-state index in [1.807, 2.05) is 41.3 Å². The zero-order valence-electron chi connectivity index (χ0n) is 10.8. The average Bonchev–Trinajstić information content (AvgIpc) is 2.50. The van der Waals surface area contributed by atoms with E-state index in [1.54, 1.807) is 12.3 Å². The standard InChI is InChI=1S/C14H15ClN4O/c15-11-6-7-14(17-10-11)19(9-8-13(16)18-20)12-4-2-1-3-5-12/h1-7,10,20H,8-9H2,(H2,16,18). The third kappa shape index (κ3) is 3.61. The first-order valence-corrected chi connectivity index (χ1v) is 6.49. The molecule has 0 saturated heterocycles. The molecule has 1 heterocycles. The summed E-state index contributed by atoms with van der Waals surface area (Å²) in [5.74, 6) is 0.936. The van der Waals surface area contributed by atoms with Crippen LogP contribution in [0.5, 0.6) is 0 Å². The van der Waals surface area contributed by atoms with Crippen molar-refractivity contribution in [3.63, 3.8) is 0 Å². The third-order valence-corrected chi connectivity index (χ3v) is 3.00. The Hall–Kier alpha value is -2.27. The van der Waals surface area contributed by atoms with Gasteiger partial charge in [0.2, 0.25) is 0 Å². The van der Waals surface area contributed by atoms with Crippen molar-refractivity contribution in [3.8, 4) is 0 Å². The second kappa shape index (κ2) is 6.77. The largest absolute Gasteiger partial charge is 0.409 e. The predicted octanol–water partition coefficient (Wildman–Crippen LogP) is 3.01. The zero-order chi connectivity index (χ0) is 14.4. The maximum atomic E-state index is 8.64. The van der Waals surface area contributed by atoms with E-state index in [1.165, 1.54) is 0 Å². The van der Waals surface area contributed by atoms with Crippen LogP contribution in [0, 0.1) is 0 Å². The summed E-state index contributed by atoms with van der Waals surface area (Å²) in [7, 11) is 0. The van der Waals surface area contributed by atoms with Crippen molar-refractivity contribution in [2.45, 2.75) is 6.42 Å². The molecule has 0 unspecified atom stereocenters. The highest BCUT2D eigenvalue weighted by molar-refractivity contribution is 6.30. The normalized spacial score (nSPS) is 11.3. The van der Waals surface area contributed by atoms with Crippen molar-refractivity contribution < 1.29 is 5.21 Å². The van der Waals surface area contributed by atoms with Crippen molar-refractivity contribution in [2.75, 3.05) is 11.4 Å². The van der Waals surface area contributed by atoms with E-state index in [-0.39, 0.29) is 5.84 Å². The molecule has 5 nitrogen and oxygen atoms in total. The summed E-state index contributed by atoms with van der Waals surface area (Å²) >= 11 is 5.86. The van der Waals surface area contributed by atoms with E-state index in [0.717, 1.165) is 11.5 Å². The minimum atomic E-state index is 0.180. The zero-order valence-corrected chi connectivity index (χ0v) is 11.5. The molecule has 0 bridgehead atoms. The number of amidine groups is 1. The van der Waals surface area contributed by atoms with E-state index in [4.69, 9.17) is 22.5 Å². The van der Waals surface area contributed by atoms with Gasteiger partial charge in [-0.2, -0.15) is 0 Å². The summed E-state index contributed by atoms with van der Waals surface area (Å²) in [4.78, 5) is 6.29. The molecule has 0 aliphatic carbocycles. The molecule has 0 fully saturated rings. The monoisotopic (exact) mass is 290 g/mol. The van der Waals surface area contributed by atoms with Crippen LogP contribution in [-0.2, 0) is 0 Å². The highest BCUT2D eigenvalue weighted by atomic mass is 35.5. The van der Waals surface area contributed by atoms with Crippen LogP contribution in [0.25, 0.3) is 0 Å². The smallest absolute Gasteiger partial charge is 0.140 e. The first kappa shape index (κ1) is 14.1. The van der Waals surface area contributed by atoms with Gasteiger partial charge in [-0.25, -0.2) is 4.98 Å². The van der Waals surface area contributed by atoms with Crippen LogP contribution in [0.3, 0.4) is 0 Å². The molecule has 0 spiro atoms. The van der Waals surface area contributed by atoms with Crippen molar-refractivity contribution >= 4 is 28.9 Å². The second-order valence-corrected chi connectivity index (χ2v) is 4.60. The van der Waals surface area contributed by atoms with Crippen LogP contribution in [-0.4, -0.2) is 22.6 Å². The van der Waals surface area contributed by atoms with Crippen LogP contribution in [0.2, 0.25) is 5.02 Å². The molecule has 2 aromatic rings. The van der Waals surface area contributed by atoms with Crippen molar-refractivity contribution in [2.24, 2.45) is 10.9 Å². The number of nitrogens with two attached hydrogens (primary N) is 1. The number of halogens is 1. The molecule has 0 aliphatic heterocycles. The molecule has 1 aromatic heterocycles. The number of oxime groups is 1. The molecule has 2 rings (SSSR count). The Morgan fingerprint density at radius 1 is 1.25 bits per heavy atom. The first-order valence-electron chi connectivity index (χ1n) is 6.11. The molecule has 104 valence electrons. The van der Waals surface area contributed by atoms with Gasteiger partial charge in [-0.15, -0.1) is 0 Å². The summed E-state index contributed by atoms with van der Waals surface area (Å²) in [5.41, 5.74) is 6.51. The molecule has 20 heavy (non-hydrogen) atoms. The van der Waals surface area contributed by atoms with Crippen LogP contribution in [0.4, 0.5) is 11.5 Å². The molecular formula is C14H15ClN4O. The van der Waals surface area contributed by atoms with Crippen molar-refractivity contribution in [3.05, 3.63) is 53.7 Å². The van der Waals surface area contributed by atoms with Gasteiger partial charge in [0.05, 0.1) is 5.02 Å². The maximum absolute atomic E-state index is 8.64.